The van der Waals surface area contributed by atoms with Crippen LogP contribution < -0.4 is 65.1 Å². The Labute approximate surface area is 762 Å². The summed E-state index contributed by atoms with van der Waals surface area (Å²) in [5.41, 5.74) is 18.6. The molecule has 12 fully saturated rings. The molecule has 30 atom stereocenters. The number of aliphatic hydroxyl groups is 3. The highest BCUT2D eigenvalue weighted by molar-refractivity contribution is 5.69. The van der Waals surface area contributed by atoms with Crippen molar-refractivity contribution in [3.8, 4) is 0 Å². The lowest BCUT2D eigenvalue weighted by Crippen LogP contribution is -2.59. The smallest absolute Gasteiger partial charge is 0.305 e. The van der Waals surface area contributed by atoms with Crippen molar-refractivity contribution in [2.45, 2.75) is 368 Å². The Kier molecular flexibility index (Phi) is 43.2. The maximum atomic E-state index is 11.8. The van der Waals surface area contributed by atoms with Gasteiger partial charge in [-0.15, -0.1) is 0 Å². The maximum Gasteiger partial charge on any atom is 0.305 e. The molecule has 0 bridgehead atoms. The number of hydrogen-bond acceptors (Lipinski definition) is 20. The lowest BCUT2D eigenvalue weighted by molar-refractivity contribution is -0.167. The number of fused-ring (bicyclic) bond motifs is 15. The number of esters is 2. The van der Waals surface area contributed by atoms with Gasteiger partial charge in [-0.2, -0.15) is 0 Å². The van der Waals surface area contributed by atoms with Crippen LogP contribution in [-0.2, 0) is 23.9 Å². The standard InChI is InChI=1S/2C35H66N4O3.C34H64N4O3/c2*1-25(9-12-32(41)42-4)28-10-11-29-33-30(14-16-35(28,29)3)34(2)15-13-27(23-26(34)24-31(33)40)39-22-8-21-38-19-6-5-18-37-20-7-17-36;1-24(8-11-31(40)41)27-9-10-28-32-29(13-15-34(27,28)3)33(2)14-12-26(22-25(33)23-30(32)39)38-21-7-20-37-18-5-4-17-36-19-6-16-35/h2*25-31,33,37-40H,5-24,36H2,1-4H3;24-30,32,36-39H,4-23,35H2,1-3H3,(H,40,41)/t25?,26-,27+,28-,29?,30?,31-,33?,34+,35-;25?,26-,27-,28-,29?,30?,31-,33?,34+,35-;24?,25-,26+,27-,28?,29?,30-,32?,33+,34-/m111/s1. The van der Waals surface area contributed by atoms with Gasteiger partial charge in [-0.05, 0) is 507 Å². The molecule has 12 aliphatic carbocycles. The summed E-state index contributed by atoms with van der Waals surface area (Å²) in [4.78, 5) is 34.9. The molecule has 0 saturated heterocycles. The number of aliphatic hydroxyl groups excluding tert-OH is 3. The van der Waals surface area contributed by atoms with Crippen LogP contribution in [0.4, 0.5) is 0 Å². The normalized spacial score (nSPS) is 38.6. The van der Waals surface area contributed by atoms with Crippen LogP contribution in [0.2, 0.25) is 0 Å². The third kappa shape index (κ3) is 27.1. The molecule has 21 heteroatoms. The fraction of sp³-hybridized carbons (Fsp3) is 0.971. The molecule has 0 aliphatic heterocycles. The van der Waals surface area contributed by atoms with Crippen LogP contribution in [0, 0.1) is 139 Å². The van der Waals surface area contributed by atoms with Gasteiger partial charge >= 0.3 is 17.9 Å². The second-order valence-corrected chi connectivity index (χ2v) is 45.6. The van der Waals surface area contributed by atoms with E-state index in [1.807, 2.05) is 0 Å². The van der Waals surface area contributed by atoms with Crippen LogP contribution in [0.1, 0.15) is 332 Å². The largest absolute Gasteiger partial charge is 0.481 e. The first kappa shape index (κ1) is 105. The second kappa shape index (κ2) is 51.5. The quantitative estimate of drug-likeness (QED) is 0.0199. The zero-order valence-corrected chi connectivity index (χ0v) is 81.8. The topological polar surface area (TPSA) is 337 Å². The Bertz CT molecular complexity index is 2960. The van der Waals surface area contributed by atoms with Crippen LogP contribution in [0.25, 0.3) is 0 Å². The van der Waals surface area contributed by atoms with Crippen molar-refractivity contribution in [2.24, 2.45) is 156 Å². The van der Waals surface area contributed by atoms with E-state index in [1.165, 1.54) is 207 Å². The molecule has 12 saturated carbocycles. The summed E-state index contributed by atoms with van der Waals surface area (Å²) in [6, 6.07) is 1.80. The van der Waals surface area contributed by atoms with E-state index in [0.717, 1.165) is 176 Å². The molecule has 726 valence electrons. The van der Waals surface area contributed by atoms with E-state index in [-0.39, 0.29) is 42.1 Å². The molecule has 19 N–H and O–H groups in total. The van der Waals surface area contributed by atoms with Crippen molar-refractivity contribution in [1.82, 2.24) is 47.9 Å². The number of aliphatic carboxylic acids is 1. The summed E-state index contributed by atoms with van der Waals surface area (Å²) in [7, 11) is 2.99. The molecule has 12 rings (SSSR count). The lowest BCUT2D eigenvalue weighted by atomic mass is 9.43. The third-order valence-corrected chi connectivity index (χ3v) is 38.6. The molecule has 12 aliphatic rings. The van der Waals surface area contributed by atoms with Gasteiger partial charge in [0.15, 0.2) is 0 Å². The summed E-state index contributed by atoms with van der Waals surface area (Å²) in [5.74, 6) is 9.67. The number of ether oxygens (including phenoxy) is 2. The molecule has 125 heavy (non-hydrogen) atoms. The Balaban J connectivity index is 0.000000196. The summed E-state index contributed by atoms with van der Waals surface area (Å²) >= 11 is 0. The van der Waals surface area contributed by atoms with E-state index < -0.39 is 5.97 Å². The molecule has 0 aromatic rings. The van der Waals surface area contributed by atoms with Gasteiger partial charge in [0.2, 0.25) is 0 Å². The van der Waals surface area contributed by atoms with Crippen LogP contribution in [-0.4, -0.2) is 207 Å². The number of nitrogens with one attached hydrogen (secondary N) is 9. The molecule has 12 unspecified atom stereocenters. The first-order chi connectivity index (χ1) is 60.2. The van der Waals surface area contributed by atoms with E-state index in [9.17, 15) is 34.8 Å². The Morgan fingerprint density at radius 3 is 0.816 bits per heavy atom. The highest BCUT2D eigenvalue weighted by atomic mass is 16.5. The number of carbonyl (C=O) groups is 3. The molecule has 0 aromatic heterocycles. The summed E-state index contributed by atoms with van der Waals surface area (Å²) in [5, 5.41) is 77.3. The number of carboxylic acid groups (broad SMARTS) is 1. The first-order valence-corrected chi connectivity index (χ1v) is 53.1. The minimum atomic E-state index is -0.669. The minimum Gasteiger partial charge on any atom is -0.481 e. The molecular formula is C104H196N12O9. The van der Waals surface area contributed by atoms with E-state index in [4.69, 9.17) is 26.7 Å². The predicted molar refractivity (Wildman–Crippen MR) is 512 cm³/mol. The number of nitrogens with two attached hydrogens (primary N) is 3. The number of unbranched alkanes of at least 4 members (excludes halogenated alkanes) is 3. The molecule has 0 heterocycles. The first-order valence-electron chi connectivity index (χ1n) is 53.1. The fourth-order valence-corrected chi connectivity index (χ4v) is 31.5. The Morgan fingerprint density at radius 2 is 0.560 bits per heavy atom. The number of rotatable bonds is 51. The van der Waals surface area contributed by atoms with Gasteiger partial charge in [0.05, 0.1) is 32.5 Å². The molecule has 0 aromatic carbocycles. The molecule has 0 amide bonds. The number of carbonyl (C=O) groups excluding carboxylic acids is 2. The number of carboxylic acids is 1. The highest BCUT2D eigenvalue weighted by Crippen LogP contribution is 2.72. The monoisotopic (exact) mass is 1760 g/mol. The van der Waals surface area contributed by atoms with Crippen LogP contribution in [0.15, 0.2) is 0 Å². The Hall–Kier alpha value is -2.19. The zero-order valence-electron chi connectivity index (χ0n) is 81.8. The average Bonchev–Trinajstić information content (AvgIpc) is 1.71. The van der Waals surface area contributed by atoms with E-state index in [0.29, 0.717) is 165 Å². The van der Waals surface area contributed by atoms with Crippen molar-refractivity contribution in [2.75, 3.05) is 132 Å². The summed E-state index contributed by atoms with van der Waals surface area (Å²) in [6.07, 6.45) is 47.1. The van der Waals surface area contributed by atoms with Gasteiger partial charge in [0.1, 0.15) is 0 Å². The van der Waals surface area contributed by atoms with E-state index in [1.54, 1.807) is 0 Å². The molecular weight excluding hydrogens is 1560 g/mol. The number of methoxy groups -OCH3 is 2. The number of hydrogen-bond donors (Lipinski definition) is 16. The van der Waals surface area contributed by atoms with Crippen LogP contribution in [0.3, 0.4) is 0 Å². The van der Waals surface area contributed by atoms with Crippen LogP contribution in [0.5, 0.6) is 0 Å². The van der Waals surface area contributed by atoms with Crippen LogP contribution >= 0.6 is 0 Å². The van der Waals surface area contributed by atoms with Crippen molar-refractivity contribution in [3.05, 3.63) is 0 Å². The van der Waals surface area contributed by atoms with Crippen molar-refractivity contribution in [1.29, 1.82) is 0 Å². The maximum absolute atomic E-state index is 11.8. The lowest BCUT2D eigenvalue weighted by Gasteiger charge is -2.62. The highest BCUT2D eigenvalue weighted by Gasteiger charge is 2.67. The van der Waals surface area contributed by atoms with Crippen molar-refractivity contribution >= 4 is 17.9 Å². The summed E-state index contributed by atoms with van der Waals surface area (Å²) in [6.45, 7) is 40.9. The minimum absolute atomic E-state index is 0.0810. The summed E-state index contributed by atoms with van der Waals surface area (Å²) < 4.78 is 9.85. The molecule has 0 radical (unpaired) electrons. The SMILES string of the molecule is CC(CCC(=O)O)[C@H]1CCC2C3C(CC[C@@]21C)[C@@]1(C)CC[C@H](NCCCNCCCCNCCCN)C[C@@H]1C[C@H]3O.COC(=O)CCC(C)[C@H]1CCC2C3C(CC[C@@]21C)[C@@]1(C)CC[C@@H](NCCCNCCCCNCCCN)C[C@@H]1C[C@H]3O.COC(=O)CCC(C)[C@H]1CCC2C3C(CC[C@@]21C)[C@@]1(C)CC[C@H](NCCCNCCCCNCCCN)C[C@@H]1C[C@H]3O. The van der Waals surface area contributed by atoms with Gasteiger partial charge in [0.25, 0.3) is 0 Å². The van der Waals surface area contributed by atoms with E-state index >= 15 is 0 Å². The van der Waals surface area contributed by atoms with Gasteiger partial charge < -0.3 is 95.0 Å². The molecule has 0 spiro atoms. The van der Waals surface area contributed by atoms with Crippen molar-refractivity contribution < 1.29 is 44.3 Å². The van der Waals surface area contributed by atoms with Crippen molar-refractivity contribution in [3.63, 3.8) is 0 Å². The average molecular weight is 1760 g/mol. The zero-order chi connectivity index (χ0) is 89.8. The van der Waals surface area contributed by atoms with Gasteiger partial charge in [-0.1, -0.05) is 62.3 Å². The van der Waals surface area contributed by atoms with Gasteiger partial charge in [-0.25, -0.2) is 0 Å². The van der Waals surface area contributed by atoms with Gasteiger partial charge in [0, 0.05) is 37.4 Å². The van der Waals surface area contributed by atoms with Gasteiger partial charge in [-0.3, -0.25) is 14.4 Å². The Morgan fingerprint density at radius 1 is 0.320 bits per heavy atom. The van der Waals surface area contributed by atoms with E-state index in [2.05, 4.69) is 110 Å². The second-order valence-electron chi connectivity index (χ2n) is 45.6. The molecule has 21 nitrogen and oxygen atoms in total. The third-order valence-electron chi connectivity index (χ3n) is 38.6. The predicted octanol–water partition coefficient (Wildman–Crippen LogP) is 14.5. The fourth-order valence-electron chi connectivity index (χ4n) is 31.5.